The summed E-state index contributed by atoms with van der Waals surface area (Å²) < 4.78 is 7.91. The number of halogens is 1. The summed E-state index contributed by atoms with van der Waals surface area (Å²) >= 11 is 4.77. The Kier molecular flexibility index (Phi) is 8.84. The van der Waals surface area contributed by atoms with Gasteiger partial charge in [0, 0.05) is 23.5 Å². The number of hydrazone groups is 1. The predicted molar refractivity (Wildman–Crippen MR) is 162 cm³/mol. The molecule has 0 saturated carbocycles. The van der Waals surface area contributed by atoms with Crippen LogP contribution in [-0.2, 0) is 18.4 Å². The SMILES string of the molecule is COc1ccc(C(=O)NCc2nnc(SCC(=O)N3N=C(c4ccc(Br)cc4)C[C@H]3c3ccc(C)cc3)n2C)cc1. The molecule has 0 fully saturated rings. The van der Waals surface area contributed by atoms with Crippen molar-refractivity contribution < 1.29 is 14.3 Å². The highest BCUT2D eigenvalue weighted by atomic mass is 79.9. The molecule has 9 nitrogen and oxygen atoms in total. The van der Waals surface area contributed by atoms with E-state index in [4.69, 9.17) is 9.84 Å². The summed E-state index contributed by atoms with van der Waals surface area (Å²) in [5.41, 5.74) is 4.58. The highest BCUT2D eigenvalue weighted by Gasteiger charge is 2.33. The number of thioether (sulfide) groups is 1. The molecule has 0 saturated heterocycles. The number of ether oxygens (including phenoxy) is 1. The third-order valence-electron chi connectivity index (χ3n) is 6.81. The van der Waals surface area contributed by atoms with Crippen LogP contribution in [0.2, 0.25) is 0 Å². The summed E-state index contributed by atoms with van der Waals surface area (Å²) in [5, 5.41) is 18.3. The molecule has 41 heavy (non-hydrogen) atoms. The van der Waals surface area contributed by atoms with Gasteiger partial charge in [-0.15, -0.1) is 10.2 Å². The van der Waals surface area contributed by atoms with Crippen LogP contribution in [0.25, 0.3) is 0 Å². The molecule has 2 heterocycles. The lowest BCUT2D eigenvalue weighted by Crippen LogP contribution is -2.28. The lowest BCUT2D eigenvalue weighted by Gasteiger charge is -2.22. The first-order valence-corrected chi connectivity index (χ1v) is 14.8. The van der Waals surface area contributed by atoms with E-state index in [1.165, 1.54) is 11.8 Å². The van der Waals surface area contributed by atoms with Crippen LogP contribution in [0, 0.1) is 6.92 Å². The third-order valence-corrected chi connectivity index (χ3v) is 8.35. The highest BCUT2D eigenvalue weighted by molar-refractivity contribution is 9.10. The van der Waals surface area contributed by atoms with E-state index in [1.54, 1.807) is 41.0 Å². The zero-order chi connectivity index (χ0) is 28.9. The number of hydrogen-bond acceptors (Lipinski definition) is 7. The normalized spacial score (nSPS) is 14.6. The summed E-state index contributed by atoms with van der Waals surface area (Å²) in [6.07, 6.45) is 0.628. The predicted octanol–water partition coefficient (Wildman–Crippen LogP) is 5.29. The van der Waals surface area contributed by atoms with E-state index in [-0.39, 0.29) is 30.2 Å². The smallest absolute Gasteiger partial charge is 0.253 e. The van der Waals surface area contributed by atoms with E-state index in [9.17, 15) is 9.59 Å². The molecule has 11 heteroatoms. The summed E-state index contributed by atoms with van der Waals surface area (Å²) in [4.78, 5) is 26.0. The van der Waals surface area contributed by atoms with E-state index in [1.807, 2.05) is 38.2 Å². The minimum atomic E-state index is -0.226. The Hall–Kier alpha value is -3.96. The number of nitrogens with one attached hydrogen (secondary N) is 1. The first-order chi connectivity index (χ1) is 19.8. The number of rotatable bonds is 9. The van der Waals surface area contributed by atoms with Gasteiger partial charge in [-0.1, -0.05) is 69.7 Å². The standard InChI is InChI=1S/C30H29BrN6O3S/c1-19-4-6-21(7-5-19)26-16-25(20-8-12-23(31)13-9-20)35-37(26)28(38)18-41-30-34-33-27(36(30)2)17-32-29(39)22-10-14-24(40-3)15-11-22/h4-15,26H,16-18H2,1-3H3,(H,32,39)/t26-/m0/s1. The van der Waals surface area contributed by atoms with Gasteiger partial charge in [-0.25, -0.2) is 5.01 Å². The minimum Gasteiger partial charge on any atom is -0.497 e. The molecule has 1 N–H and O–H groups in total. The van der Waals surface area contributed by atoms with Crippen molar-refractivity contribution in [3.05, 3.63) is 105 Å². The maximum absolute atomic E-state index is 13.5. The minimum absolute atomic E-state index is 0.120. The molecule has 5 rings (SSSR count). The first kappa shape index (κ1) is 28.6. The second-order valence-corrected chi connectivity index (χ2v) is 11.4. The number of aryl methyl sites for hydroxylation is 1. The summed E-state index contributed by atoms with van der Waals surface area (Å²) in [6, 6.07) is 22.9. The maximum atomic E-state index is 13.5. The van der Waals surface area contributed by atoms with E-state index in [2.05, 4.69) is 55.7 Å². The molecule has 2 amide bonds. The molecule has 210 valence electrons. The van der Waals surface area contributed by atoms with Crippen LogP contribution in [0.3, 0.4) is 0 Å². The van der Waals surface area contributed by atoms with E-state index < -0.39 is 0 Å². The van der Waals surface area contributed by atoms with Gasteiger partial charge in [-0.05, 0) is 54.4 Å². The Morgan fingerprint density at radius 1 is 1.02 bits per heavy atom. The van der Waals surface area contributed by atoms with Gasteiger partial charge >= 0.3 is 0 Å². The van der Waals surface area contributed by atoms with Crippen molar-refractivity contribution in [2.45, 2.75) is 31.1 Å². The Labute approximate surface area is 251 Å². The molecule has 0 spiro atoms. The van der Waals surface area contributed by atoms with Crippen molar-refractivity contribution >= 4 is 45.2 Å². The highest BCUT2D eigenvalue weighted by Crippen LogP contribution is 2.34. The summed E-state index contributed by atoms with van der Waals surface area (Å²) in [7, 11) is 3.39. The third kappa shape index (κ3) is 6.68. The fourth-order valence-electron chi connectivity index (χ4n) is 4.43. The number of aromatic nitrogens is 3. The fraction of sp³-hybridized carbons (Fsp3) is 0.233. The van der Waals surface area contributed by atoms with Gasteiger partial charge in [0.2, 0.25) is 0 Å². The molecule has 1 atom stereocenters. The van der Waals surface area contributed by atoms with Crippen molar-refractivity contribution in [3.63, 3.8) is 0 Å². The van der Waals surface area contributed by atoms with E-state index in [0.29, 0.717) is 28.7 Å². The van der Waals surface area contributed by atoms with Crippen LogP contribution in [0.5, 0.6) is 5.75 Å². The van der Waals surface area contributed by atoms with Crippen molar-refractivity contribution in [2.24, 2.45) is 12.1 Å². The maximum Gasteiger partial charge on any atom is 0.253 e. The Morgan fingerprint density at radius 2 is 1.73 bits per heavy atom. The second-order valence-electron chi connectivity index (χ2n) is 9.58. The monoisotopic (exact) mass is 632 g/mol. The van der Waals surface area contributed by atoms with Crippen LogP contribution < -0.4 is 10.1 Å². The second kappa shape index (κ2) is 12.7. The number of carbonyl (C=O) groups excluding carboxylic acids is 2. The van der Waals surface area contributed by atoms with Gasteiger partial charge < -0.3 is 14.6 Å². The number of methoxy groups -OCH3 is 1. The lowest BCUT2D eigenvalue weighted by molar-refractivity contribution is -0.130. The van der Waals surface area contributed by atoms with Gasteiger partial charge in [0.15, 0.2) is 11.0 Å². The zero-order valence-corrected chi connectivity index (χ0v) is 25.3. The summed E-state index contributed by atoms with van der Waals surface area (Å²) in [5.74, 6) is 1.06. The van der Waals surface area contributed by atoms with Crippen LogP contribution in [0.1, 0.15) is 45.3 Å². The quantitative estimate of drug-likeness (QED) is 0.251. The molecule has 3 aromatic carbocycles. The van der Waals surface area contributed by atoms with Gasteiger partial charge in [-0.2, -0.15) is 5.10 Å². The number of carbonyl (C=O) groups is 2. The number of hydrogen-bond donors (Lipinski definition) is 1. The van der Waals surface area contributed by atoms with Crippen molar-refractivity contribution in [1.82, 2.24) is 25.1 Å². The number of nitrogens with zero attached hydrogens (tertiary/aromatic N) is 5. The Balaban J connectivity index is 1.25. The van der Waals surface area contributed by atoms with Crippen LogP contribution in [0.4, 0.5) is 0 Å². The lowest BCUT2D eigenvalue weighted by atomic mass is 9.98. The average molecular weight is 634 g/mol. The zero-order valence-electron chi connectivity index (χ0n) is 22.9. The molecular formula is C30H29BrN6O3S. The molecular weight excluding hydrogens is 604 g/mol. The Bertz CT molecular complexity index is 1570. The largest absolute Gasteiger partial charge is 0.497 e. The fourth-order valence-corrected chi connectivity index (χ4v) is 5.47. The van der Waals surface area contributed by atoms with Gasteiger partial charge in [0.25, 0.3) is 11.8 Å². The molecule has 0 bridgehead atoms. The average Bonchev–Trinajstić information content (AvgIpc) is 3.59. The van der Waals surface area contributed by atoms with Gasteiger partial charge in [0.05, 0.1) is 31.2 Å². The Morgan fingerprint density at radius 3 is 2.41 bits per heavy atom. The van der Waals surface area contributed by atoms with Crippen molar-refractivity contribution in [2.75, 3.05) is 12.9 Å². The molecule has 1 aliphatic rings. The van der Waals surface area contributed by atoms with E-state index >= 15 is 0 Å². The molecule has 0 radical (unpaired) electrons. The molecule has 1 aromatic heterocycles. The van der Waals surface area contributed by atoms with Crippen LogP contribution in [0.15, 0.2) is 87.5 Å². The molecule has 4 aromatic rings. The van der Waals surface area contributed by atoms with E-state index in [0.717, 1.165) is 26.9 Å². The van der Waals surface area contributed by atoms with Crippen molar-refractivity contribution in [1.29, 1.82) is 0 Å². The number of benzene rings is 3. The van der Waals surface area contributed by atoms with Gasteiger partial charge in [0.1, 0.15) is 5.75 Å². The molecule has 0 unspecified atom stereocenters. The summed E-state index contributed by atoms with van der Waals surface area (Å²) in [6.45, 7) is 2.24. The van der Waals surface area contributed by atoms with Crippen LogP contribution >= 0.6 is 27.7 Å². The number of amides is 2. The molecule has 1 aliphatic heterocycles. The van der Waals surface area contributed by atoms with Crippen LogP contribution in [-0.4, -0.2) is 50.2 Å². The molecule has 0 aliphatic carbocycles. The van der Waals surface area contributed by atoms with Gasteiger partial charge in [-0.3, -0.25) is 9.59 Å². The van der Waals surface area contributed by atoms with Crippen molar-refractivity contribution in [3.8, 4) is 5.75 Å². The topological polar surface area (TPSA) is 102 Å². The first-order valence-electron chi connectivity index (χ1n) is 13.0.